The van der Waals surface area contributed by atoms with Crippen LogP contribution in [0.4, 0.5) is 10.1 Å². The Kier molecular flexibility index (Phi) is 10.1. The first-order valence-electron chi connectivity index (χ1n) is 12.6. The van der Waals surface area contributed by atoms with Gasteiger partial charge in [0.25, 0.3) is 0 Å². The van der Waals surface area contributed by atoms with Crippen LogP contribution in [0.15, 0.2) is 18.2 Å². The highest BCUT2D eigenvalue weighted by Gasteiger charge is 2.49. The number of imide groups is 1. The fourth-order valence-corrected chi connectivity index (χ4v) is 5.20. The van der Waals surface area contributed by atoms with Crippen molar-refractivity contribution in [2.24, 2.45) is 11.8 Å². The predicted octanol–water partition coefficient (Wildman–Crippen LogP) is 1.34. The Hall–Kier alpha value is -2.08. The molecule has 1 aromatic rings. The third-order valence-corrected chi connectivity index (χ3v) is 6.84. The van der Waals surface area contributed by atoms with E-state index in [1.54, 1.807) is 6.07 Å². The van der Waals surface area contributed by atoms with Crippen molar-refractivity contribution in [1.82, 2.24) is 9.80 Å². The number of benzene rings is 1. The number of hydrogen-bond donors (Lipinski definition) is 4. The maximum atomic E-state index is 13.9. The van der Waals surface area contributed by atoms with Crippen molar-refractivity contribution in [3.05, 3.63) is 24.0 Å². The summed E-state index contributed by atoms with van der Waals surface area (Å²) in [7, 11) is -4.64. The Balaban J connectivity index is 0.000000695. The second-order valence-electron chi connectivity index (χ2n) is 9.98. The van der Waals surface area contributed by atoms with Gasteiger partial charge < -0.3 is 29.4 Å². The quantitative estimate of drug-likeness (QED) is 0.292. The molecule has 1 saturated carbocycles. The number of fused-ring (bicyclic) bond motifs is 1. The van der Waals surface area contributed by atoms with Crippen LogP contribution in [0.5, 0.6) is 5.75 Å². The molecule has 4 N–H and O–H groups in total. The first kappa shape index (κ1) is 29.5. The average molecular weight is 546 g/mol. The molecule has 3 aliphatic rings. The van der Waals surface area contributed by atoms with E-state index in [1.165, 1.54) is 17.0 Å². The Morgan fingerprint density at radius 2 is 1.65 bits per heavy atom. The van der Waals surface area contributed by atoms with E-state index >= 15 is 0 Å². The van der Waals surface area contributed by atoms with Crippen molar-refractivity contribution >= 4 is 25.3 Å². The Morgan fingerprint density at radius 1 is 1.03 bits per heavy atom. The summed E-state index contributed by atoms with van der Waals surface area (Å²) in [6.45, 7) is 8.35. The summed E-state index contributed by atoms with van der Waals surface area (Å²) >= 11 is 0. The van der Waals surface area contributed by atoms with Crippen molar-refractivity contribution in [3.63, 3.8) is 0 Å². The highest BCUT2D eigenvalue weighted by Crippen LogP contribution is 2.38. The largest absolute Gasteiger partial charge is 0.489 e. The van der Waals surface area contributed by atoms with Gasteiger partial charge in [-0.05, 0) is 58.2 Å². The third-order valence-electron chi connectivity index (χ3n) is 6.84. The van der Waals surface area contributed by atoms with Gasteiger partial charge in [-0.15, -0.1) is 0 Å². The number of phosphoric acid groups is 1. The van der Waals surface area contributed by atoms with E-state index in [1.807, 2.05) is 13.8 Å². The summed E-state index contributed by atoms with van der Waals surface area (Å²) < 4.78 is 28.6. The van der Waals surface area contributed by atoms with Crippen molar-refractivity contribution in [1.29, 1.82) is 0 Å². The molecule has 37 heavy (non-hydrogen) atoms. The highest BCUT2D eigenvalue weighted by atomic mass is 31.2. The minimum atomic E-state index is -4.64. The van der Waals surface area contributed by atoms with Gasteiger partial charge in [0.1, 0.15) is 11.6 Å². The number of halogens is 1. The lowest BCUT2D eigenvalue weighted by Crippen LogP contribution is -2.47. The van der Waals surface area contributed by atoms with Crippen molar-refractivity contribution in [3.8, 4) is 5.75 Å². The van der Waals surface area contributed by atoms with Crippen LogP contribution in [0.2, 0.25) is 0 Å². The first-order valence-corrected chi connectivity index (χ1v) is 14.1. The molecule has 3 fully saturated rings. The summed E-state index contributed by atoms with van der Waals surface area (Å²) in [4.78, 5) is 52.7. The summed E-state index contributed by atoms with van der Waals surface area (Å²) in [6.07, 6.45) is 1.92. The van der Waals surface area contributed by atoms with Crippen molar-refractivity contribution in [2.75, 3.05) is 44.2 Å². The molecule has 0 aromatic heterocycles. The van der Waals surface area contributed by atoms with Crippen LogP contribution in [0, 0.1) is 17.7 Å². The molecule has 1 aromatic carbocycles. The van der Waals surface area contributed by atoms with Gasteiger partial charge >= 0.3 is 7.82 Å². The first-order chi connectivity index (χ1) is 17.3. The number of hydrogen-bond acceptors (Lipinski definition) is 7. The number of ether oxygens (including phenoxy) is 1. The molecule has 2 aliphatic heterocycles. The van der Waals surface area contributed by atoms with E-state index in [4.69, 9.17) is 24.0 Å². The zero-order valence-corrected chi connectivity index (χ0v) is 22.1. The molecule has 3 atom stereocenters. The lowest BCUT2D eigenvalue weighted by Gasteiger charge is -2.37. The zero-order chi connectivity index (χ0) is 27.3. The summed E-state index contributed by atoms with van der Waals surface area (Å²) in [5, 5.41) is 9.85. The molecule has 1 aliphatic carbocycles. The number of amides is 2. The number of carbonyl (C=O) groups excluding carboxylic acids is 2. The van der Waals surface area contributed by atoms with Gasteiger partial charge in [0.2, 0.25) is 11.8 Å². The summed E-state index contributed by atoms with van der Waals surface area (Å²) in [5.41, 5.74) is 0.788. The molecule has 4 rings (SSSR count). The Bertz CT molecular complexity index is 990. The van der Waals surface area contributed by atoms with E-state index in [0.29, 0.717) is 31.6 Å². The molecule has 2 amide bonds. The maximum absolute atomic E-state index is 13.9. The predicted molar refractivity (Wildman–Crippen MR) is 133 cm³/mol. The molecule has 13 heteroatoms. The second kappa shape index (κ2) is 12.6. The van der Waals surface area contributed by atoms with E-state index in [-0.39, 0.29) is 35.6 Å². The molecule has 2 saturated heterocycles. The Morgan fingerprint density at radius 3 is 2.27 bits per heavy atom. The number of nitrogens with zero attached hydrogens (tertiary/aromatic N) is 3. The smallest absolute Gasteiger partial charge is 0.466 e. The lowest BCUT2D eigenvalue weighted by atomic mass is 9.80. The van der Waals surface area contributed by atoms with Crippen LogP contribution in [0.25, 0.3) is 0 Å². The topological polar surface area (TPSA) is 151 Å². The average Bonchev–Trinajstić information content (AvgIpc) is 3.03. The molecule has 2 heterocycles. The van der Waals surface area contributed by atoms with Crippen molar-refractivity contribution in [2.45, 2.75) is 51.7 Å². The molecule has 3 unspecified atom stereocenters. The zero-order valence-electron chi connectivity index (χ0n) is 21.2. The van der Waals surface area contributed by atoms with Crippen LogP contribution < -0.4 is 9.64 Å². The van der Waals surface area contributed by atoms with Gasteiger partial charge in [0.15, 0.2) is 0 Å². The van der Waals surface area contributed by atoms with E-state index < -0.39 is 13.9 Å². The van der Waals surface area contributed by atoms with E-state index in [2.05, 4.69) is 9.80 Å². The highest BCUT2D eigenvalue weighted by molar-refractivity contribution is 7.45. The van der Waals surface area contributed by atoms with Gasteiger partial charge in [0.05, 0.1) is 29.7 Å². The number of aliphatic hydroxyl groups excluding tert-OH is 1. The summed E-state index contributed by atoms with van der Waals surface area (Å²) in [6, 6.07) is 4.65. The molecule has 208 valence electrons. The monoisotopic (exact) mass is 545 g/mol. The minimum absolute atomic E-state index is 0.0172. The molecule has 0 spiro atoms. The second-order valence-corrected chi connectivity index (χ2v) is 11.0. The van der Waals surface area contributed by atoms with Crippen LogP contribution in [-0.2, 0) is 14.2 Å². The van der Waals surface area contributed by atoms with Gasteiger partial charge in [-0.3, -0.25) is 19.4 Å². The lowest BCUT2D eigenvalue weighted by molar-refractivity contribution is -0.140. The van der Waals surface area contributed by atoms with E-state index in [0.717, 1.165) is 44.8 Å². The van der Waals surface area contributed by atoms with Crippen LogP contribution in [-0.4, -0.2) is 92.9 Å². The number of carbonyl (C=O) groups is 2. The third kappa shape index (κ3) is 8.46. The van der Waals surface area contributed by atoms with Crippen molar-refractivity contribution < 1.29 is 43.1 Å². The fraction of sp³-hybridized carbons (Fsp3) is 0.667. The Labute approximate surface area is 216 Å². The number of aliphatic hydroxyl groups is 1. The van der Waals surface area contributed by atoms with E-state index in [9.17, 15) is 19.1 Å². The molecule has 0 bridgehead atoms. The van der Waals surface area contributed by atoms with Gasteiger partial charge in [0, 0.05) is 38.8 Å². The SMILES string of the molecule is CC(C)Oc1ccc(F)cc1N1CCN(CCCN2C(=O)C3CCC(O)CC3C2=O)CC1.O=P(O)(O)O. The van der Waals surface area contributed by atoms with Gasteiger partial charge in [-0.25, -0.2) is 8.96 Å². The maximum Gasteiger partial charge on any atom is 0.466 e. The van der Waals surface area contributed by atoms with Crippen LogP contribution in [0.1, 0.15) is 39.5 Å². The molecule has 11 nitrogen and oxygen atoms in total. The summed E-state index contributed by atoms with van der Waals surface area (Å²) in [5.74, 6) is -0.293. The number of anilines is 1. The fourth-order valence-electron chi connectivity index (χ4n) is 5.20. The number of rotatable bonds is 7. The number of piperazine rings is 1. The minimum Gasteiger partial charge on any atom is -0.489 e. The molecular formula is C24H37FN3O8P. The molecular weight excluding hydrogens is 508 g/mol. The van der Waals surface area contributed by atoms with Gasteiger partial charge in [-0.1, -0.05) is 0 Å². The van der Waals surface area contributed by atoms with Crippen LogP contribution >= 0.6 is 7.82 Å². The number of likely N-dealkylation sites (tertiary alicyclic amines) is 1. The van der Waals surface area contributed by atoms with Crippen LogP contribution in [0.3, 0.4) is 0 Å². The molecule has 0 radical (unpaired) electrons. The van der Waals surface area contributed by atoms with Gasteiger partial charge in [-0.2, -0.15) is 0 Å². The normalized spacial score (nSPS) is 24.7. The standard InChI is InChI=1S/C24H34FN3O4.H3O4P/c1-16(2)32-22-7-4-17(25)14-21(22)27-12-10-26(11-13-27)8-3-9-28-23(30)19-6-5-18(29)15-20(19)24(28)31;1-5(2,3)4/h4,7,14,16,18-20,29H,3,5-6,8-13,15H2,1-2H3;(H3,1,2,3,4).